The Morgan fingerprint density at radius 1 is 1.11 bits per heavy atom. The minimum absolute atomic E-state index is 0.222. The maximum Gasteiger partial charge on any atom is 0.407 e. The minimum Gasteiger partial charge on any atom is -0.444 e. The van der Waals surface area contributed by atoms with Gasteiger partial charge in [-0.3, -0.25) is 4.79 Å². The quantitative estimate of drug-likeness (QED) is 0.595. The van der Waals surface area contributed by atoms with Crippen LogP contribution in [0, 0.1) is 0 Å². The standard InChI is InChI=1S/C10H16F4N2O3/c1-9(2,3)19-8(18)16-5-4-15-7(17)10(13,14)6(11)12/h6H,4-5H2,1-3H3,(H,15,17)(H,16,18). The lowest BCUT2D eigenvalue weighted by atomic mass is 10.2. The highest BCUT2D eigenvalue weighted by Gasteiger charge is 2.48. The first kappa shape index (κ1) is 17.5. The Labute approximate surface area is 107 Å². The van der Waals surface area contributed by atoms with Crippen LogP contribution in [0.15, 0.2) is 0 Å². The van der Waals surface area contributed by atoms with Crippen LogP contribution in [0.25, 0.3) is 0 Å². The van der Waals surface area contributed by atoms with Gasteiger partial charge in [-0.1, -0.05) is 0 Å². The average molecular weight is 288 g/mol. The summed E-state index contributed by atoms with van der Waals surface area (Å²) < 4.78 is 53.3. The van der Waals surface area contributed by atoms with Gasteiger partial charge in [-0.2, -0.15) is 8.78 Å². The molecule has 0 bridgehead atoms. The van der Waals surface area contributed by atoms with E-state index in [1.54, 1.807) is 26.1 Å². The van der Waals surface area contributed by atoms with Crippen molar-refractivity contribution in [2.45, 2.75) is 38.7 Å². The molecule has 0 spiro atoms. The summed E-state index contributed by atoms with van der Waals surface area (Å²) >= 11 is 0. The van der Waals surface area contributed by atoms with Gasteiger partial charge in [0.2, 0.25) is 0 Å². The summed E-state index contributed by atoms with van der Waals surface area (Å²) in [6, 6.07) is 0. The number of carbonyl (C=O) groups is 2. The largest absolute Gasteiger partial charge is 0.444 e. The number of carbonyl (C=O) groups excluding carboxylic acids is 2. The number of nitrogens with one attached hydrogen (secondary N) is 2. The van der Waals surface area contributed by atoms with Crippen molar-refractivity contribution in [2.75, 3.05) is 13.1 Å². The number of alkyl halides is 4. The van der Waals surface area contributed by atoms with E-state index in [0.29, 0.717) is 0 Å². The number of ether oxygens (including phenoxy) is 1. The second-order valence-electron chi connectivity index (χ2n) is 4.61. The fourth-order valence-electron chi connectivity index (χ4n) is 0.872. The molecule has 0 aliphatic rings. The zero-order valence-corrected chi connectivity index (χ0v) is 10.7. The number of halogens is 4. The van der Waals surface area contributed by atoms with Gasteiger partial charge in [0.1, 0.15) is 5.60 Å². The van der Waals surface area contributed by atoms with Gasteiger partial charge >= 0.3 is 18.4 Å². The minimum atomic E-state index is -4.74. The maximum absolute atomic E-state index is 12.5. The Balaban J connectivity index is 3.94. The van der Waals surface area contributed by atoms with E-state index in [1.165, 1.54) is 0 Å². The maximum atomic E-state index is 12.5. The smallest absolute Gasteiger partial charge is 0.407 e. The van der Waals surface area contributed by atoms with Crippen LogP contribution in [0.5, 0.6) is 0 Å². The molecule has 9 heteroatoms. The van der Waals surface area contributed by atoms with Crippen molar-refractivity contribution in [1.29, 1.82) is 0 Å². The lowest BCUT2D eigenvalue weighted by Gasteiger charge is -2.20. The molecule has 2 N–H and O–H groups in total. The topological polar surface area (TPSA) is 67.4 Å². The van der Waals surface area contributed by atoms with Gasteiger partial charge in [-0.15, -0.1) is 0 Å². The molecule has 0 aromatic carbocycles. The first-order valence-corrected chi connectivity index (χ1v) is 5.38. The Morgan fingerprint density at radius 3 is 2.00 bits per heavy atom. The van der Waals surface area contributed by atoms with E-state index in [1.807, 2.05) is 0 Å². The molecule has 5 nitrogen and oxygen atoms in total. The van der Waals surface area contributed by atoms with Gasteiger partial charge in [0.15, 0.2) is 0 Å². The van der Waals surface area contributed by atoms with E-state index in [9.17, 15) is 27.2 Å². The van der Waals surface area contributed by atoms with Gasteiger partial charge in [-0.05, 0) is 20.8 Å². The van der Waals surface area contributed by atoms with Crippen LogP contribution in [0.4, 0.5) is 22.4 Å². The fraction of sp³-hybridized carbons (Fsp3) is 0.800. The normalized spacial score (nSPS) is 12.2. The molecule has 0 aliphatic heterocycles. The Morgan fingerprint density at radius 2 is 1.58 bits per heavy atom. The van der Waals surface area contributed by atoms with Crippen molar-refractivity contribution in [3.05, 3.63) is 0 Å². The third-order valence-corrected chi connectivity index (χ3v) is 1.66. The molecule has 0 heterocycles. The summed E-state index contributed by atoms with van der Waals surface area (Å²) in [7, 11) is 0. The number of rotatable bonds is 5. The van der Waals surface area contributed by atoms with Crippen molar-refractivity contribution in [1.82, 2.24) is 10.6 Å². The summed E-state index contributed by atoms with van der Waals surface area (Å²) in [4.78, 5) is 21.8. The van der Waals surface area contributed by atoms with Gasteiger partial charge < -0.3 is 15.4 Å². The van der Waals surface area contributed by atoms with Crippen LogP contribution in [0.2, 0.25) is 0 Å². The highest BCUT2D eigenvalue weighted by Crippen LogP contribution is 2.22. The monoisotopic (exact) mass is 288 g/mol. The molecule has 0 aliphatic carbocycles. The molecule has 0 unspecified atom stereocenters. The molecule has 0 radical (unpaired) electrons. The highest BCUT2D eigenvalue weighted by molar-refractivity contribution is 5.83. The van der Waals surface area contributed by atoms with Crippen LogP contribution in [0.3, 0.4) is 0 Å². The van der Waals surface area contributed by atoms with Gasteiger partial charge in [0.05, 0.1) is 0 Å². The molecule has 112 valence electrons. The highest BCUT2D eigenvalue weighted by atomic mass is 19.3. The third kappa shape index (κ3) is 6.82. The van der Waals surface area contributed by atoms with E-state index < -0.39 is 36.5 Å². The van der Waals surface area contributed by atoms with E-state index in [2.05, 4.69) is 5.32 Å². The Bertz CT molecular complexity index is 329. The van der Waals surface area contributed by atoms with E-state index >= 15 is 0 Å². The molecule has 0 atom stereocenters. The van der Waals surface area contributed by atoms with Gasteiger partial charge in [-0.25, -0.2) is 13.6 Å². The van der Waals surface area contributed by atoms with E-state index in [4.69, 9.17) is 4.74 Å². The van der Waals surface area contributed by atoms with E-state index in [-0.39, 0.29) is 6.54 Å². The molecule has 0 saturated heterocycles. The van der Waals surface area contributed by atoms with Crippen LogP contribution >= 0.6 is 0 Å². The molecular weight excluding hydrogens is 272 g/mol. The van der Waals surface area contributed by atoms with Crippen LogP contribution in [-0.2, 0) is 9.53 Å². The number of amides is 2. The number of hydrogen-bond donors (Lipinski definition) is 2. The summed E-state index contributed by atoms with van der Waals surface area (Å²) in [5.74, 6) is -6.83. The van der Waals surface area contributed by atoms with Crippen molar-refractivity contribution < 1.29 is 31.9 Å². The third-order valence-electron chi connectivity index (χ3n) is 1.66. The molecular formula is C10H16F4N2O3. The second kappa shape index (κ2) is 6.58. The molecule has 19 heavy (non-hydrogen) atoms. The Kier molecular flexibility index (Phi) is 6.04. The zero-order valence-electron chi connectivity index (χ0n) is 10.7. The summed E-state index contributed by atoms with van der Waals surface area (Å²) in [6.45, 7) is 4.23. The molecule has 2 amide bonds. The fourth-order valence-corrected chi connectivity index (χ4v) is 0.872. The summed E-state index contributed by atoms with van der Waals surface area (Å²) in [5.41, 5.74) is -0.726. The van der Waals surface area contributed by atoms with Crippen LogP contribution in [0.1, 0.15) is 20.8 Å². The number of alkyl carbamates (subject to hydrolysis) is 1. The first-order valence-electron chi connectivity index (χ1n) is 5.38. The molecule has 0 aromatic heterocycles. The molecule has 0 aromatic rings. The SMILES string of the molecule is CC(C)(C)OC(=O)NCCNC(=O)C(F)(F)C(F)F. The van der Waals surface area contributed by atoms with Crippen LogP contribution in [-0.4, -0.2) is 43.0 Å². The van der Waals surface area contributed by atoms with Crippen molar-refractivity contribution in [2.24, 2.45) is 0 Å². The molecule has 0 rings (SSSR count). The Hall–Kier alpha value is -1.54. The predicted octanol–water partition coefficient (Wildman–Crippen LogP) is 1.53. The number of hydrogen-bond acceptors (Lipinski definition) is 3. The molecule has 0 fully saturated rings. The van der Waals surface area contributed by atoms with E-state index in [0.717, 1.165) is 0 Å². The lowest BCUT2D eigenvalue weighted by Crippen LogP contribution is -2.47. The van der Waals surface area contributed by atoms with Gasteiger partial charge in [0, 0.05) is 13.1 Å². The summed E-state index contributed by atoms with van der Waals surface area (Å²) in [6.07, 6.45) is -4.88. The zero-order chi connectivity index (χ0) is 15.3. The predicted molar refractivity (Wildman–Crippen MR) is 58.2 cm³/mol. The first-order chi connectivity index (χ1) is 8.47. The lowest BCUT2D eigenvalue weighted by molar-refractivity contribution is -0.169. The summed E-state index contributed by atoms with van der Waals surface area (Å²) in [5, 5.41) is 3.75. The van der Waals surface area contributed by atoms with Crippen molar-refractivity contribution in [3.63, 3.8) is 0 Å². The molecule has 0 saturated carbocycles. The van der Waals surface area contributed by atoms with Crippen LogP contribution < -0.4 is 10.6 Å². The van der Waals surface area contributed by atoms with Crippen molar-refractivity contribution in [3.8, 4) is 0 Å². The average Bonchev–Trinajstić information content (AvgIpc) is 2.21. The second-order valence-corrected chi connectivity index (χ2v) is 4.61. The van der Waals surface area contributed by atoms with Crippen molar-refractivity contribution >= 4 is 12.0 Å². The van der Waals surface area contributed by atoms with Gasteiger partial charge in [0.25, 0.3) is 5.91 Å².